The highest BCUT2D eigenvalue weighted by molar-refractivity contribution is 9.10. The van der Waals surface area contributed by atoms with Gasteiger partial charge in [-0.1, -0.05) is 11.6 Å². The van der Waals surface area contributed by atoms with E-state index < -0.39 is 0 Å². The zero-order valence-corrected chi connectivity index (χ0v) is 10.8. The molecule has 0 saturated heterocycles. The van der Waals surface area contributed by atoms with Gasteiger partial charge in [-0.2, -0.15) is 5.10 Å². The molecule has 0 unspecified atom stereocenters. The Bertz CT molecular complexity index is 510. The molecule has 0 aliphatic heterocycles. The Kier molecular flexibility index (Phi) is 3.28. The predicted molar refractivity (Wildman–Crippen MR) is 64.7 cm³/mol. The van der Waals surface area contributed by atoms with Crippen molar-refractivity contribution in [3.63, 3.8) is 0 Å². The van der Waals surface area contributed by atoms with Gasteiger partial charge in [-0.05, 0) is 35.0 Å². The van der Waals surface area contributed by atoms with E-state index in [2.05, 4.69) is 26.0 Å². The van der Waals surface area contributed by atoms with Gasteiger partial charge >= 0.3 is 0 Å². The fourth-order valence-electron chi connectivity index (χ4n) is 1.36. The van der Waals surface area contributed by atoms with Gasteiger partial charge in [0.2, 0.25) is 0 Å². The summed E-state index contributed by atoms with van der Waals surface area (Å²) in [6.45, 7) is 1.67. The summed E-state index contributed by atoms with van der Waals surface area (Å²) in [7, 11) is 0. The van der Waals surface area contributed by atoms with Crippen molar-refractivity contribution in [1.82, 2.24) is 14.8 Å². The van der Waals surface area contributed by atoms with Crippen LogP contribution in [-0.2, 0) is 6.61 Å². The summed E-state index contributed by atoms with van der Waals surface area (Å²) in [5.41, 5.74) is 1.34. The lowest BCUT2D eigenvalue weighted by atomic mass is 10.3. The Balaban J connectivity index is 2.52. The van der Waals surface area contributed by atoms with Crippen molar-refractivity contribution in [1.29, 1.82) is 0 Å². The third-order valence-electron chi connectivity index (χ3n) is 2.21. The Hall–Kier alpha value is -0.910. The van der Waals surface area contributed by atoms with Gasteiger partial charge in [-0.3, -0.25) is 0 Å². The molecule has 0 bridgehead atoms. The van der Waals surface area contributed by atoms with Crippen molar-refractivity contribution in [2.45, 2.75) is 13.5 Å². The number of halogens is 2. The maximum absolute atomic E-state index is 9.14. The van der Waals surface area contributed by atoms with E-state index in [1.165, 1.54) is 4.68 Å². The minimum Gasteiger partial charge on any atom is -0.391 e. The zero-order valence-electron chi connectivity index (χ0n) is 8.48. The Morgan fingerprint density at radius 1 is 1.50 bits per heavy atom. The highest BCUT2D eigenvalue weighted by Gasteiger charge is 2.14. The smallest absolute Gasteiger partial charge is 0.155 e. The minimum absolute atomic E-state index is 0.124. The van der Waals surface area contributed by atoms with Gasteiger partial charge in [0.1, 0.15) is 5.15 Å². The molecule has 2 aromatic heterocycles. The van der Waals surface area contributed by atoms with Crippen LogP contribution in [0.3, 0.4) is 0 Å². The van der Waals surface area contributed by atoms with Crippen LogP contribution < -0.4 is 0 Å². The second kappa shape index (κ2) is 4.53. The van der Waals surface area contributed by atoms with Crippen LogP contribution >= 0.6 is 27.5 Å². The summed E-state index contributed by atoms with van der Waals surface area (Å²) in [6.07, 6.45) is 1.67. The standard InChI is InChI=1S/C10H9BrClN3O/c1-6-8(5-16)10(12)15(14-6)9-3-2-7(11)4-13-9/h2-4,16H,5H2,1H3. The number of nitrogens with zero attached hydrogens (tertiary/aromatic N) is 3. The molecule has 0 aliphatic rings. The van der Waals surface area contributed by atoms with Crippen molar-refractivity contribution < 1.29 is 5.11 Å². The number of pyridine rings is 1. The average Bonchev–Trinajstić information content (AvgIpc) is 2.55. The summed E-state index contributed by atoms with van der Waals surface area (Å²) in [6, 6.07) is 3.65. The Morgan fingerprint density at radius 3 is 2.75 bits per heavy atom. The molecule has 0 saturated carbocycles. The topological polar surface area (TPSA) is 50.9 Å². The number of rotatable bonds is 2. The number of hydrogen-bond acceptors (Lipinski definition) is 3. The monoisotopic (exact) mass is 301 g/mol. The zero-order chi connectivity index (χ0) is 11.7. The molecule has 0 atom stereocenters. The second-order valence-corrected chi connectivity index (χ2v) is 4.53. The second-order valence-electron chi connectivity index (χ2n) is 3.26. The number of hydrogen-bond donors (Lipinski definition) is 1. The van der Waals surface area contributed by atoms with E-state index in [4.69, 9.17) is 16.7 Å². The number of aryl methyl sites for hydroxylation is 1. The van der Waals surface area contributed by atoms with Gasteiger partial charge < -0.3 is 5.11 Å². The third-order valence-corrected chi connectivity index (χ3v) is 3.07. The Labute approximate surface area is 106 Å². The van der Waals surface area contributed by atoms with Crippen LogP contribution in [0.2, 0.25) is 5.15 Å². The van der Waals surface area contributed by atoms with E-state index >= 15 is 0 Å². The quantitative estimate of drug-likeness (QED) is 0.927. The number of aliphatic hydroxyl groups excluding tert-OH is 1. The molecule has 1 N–H and O–H groups in total. The summed E-state index contributed by atoms with van der Waals surface area (Å²) in [5.74, 6) is 0.621. The highest BCUT2D eigenvalue weighted by Crippen LogP contribution is 2.22. The van der Waals surface area contributed by atoms with E-state index in [-0.39, 0.29) is 6.61 Å². The summed E-state index contributed by atoms with van der Waals surface area (Å²) >= 11 is 9.40. The SMILES string of the molecule is Cc1nn(-c2ccc(Br)cn2)c(Cl)c1CO. The lowest BCUT2D eigenvalue weighted by Crippen LogP contribution is -1.99. The van der Waals surface area contributed by atoms with Gasteiger partial charge in [0, 0.05) is 16.2 Å². The molecule has 2 rings (SSSR count). The first-order valence-electron chi connectivity index (χ1n) is 4.60. The lowest BCUT2D eigenvalue weighted by molar-refractivity contribution is 0.281. The van der Waals surface area contributed by atoms with Crippen LogP contribution in [0.15, 0.2) is 22.8 Å². The molecule has 0 fully saturated rings. The van der Waals surface area contributed by atoms with Gasteiger partial charge in [-0.25, -0.2) is 9.67 Å². The first kappa shape index (κ1) is 11.6. The van der Waals surface area contributed by atoms with Crippen LogP contribution in [0, 0.1) is 6.92 Å². The van der Waals surface area contributed by atoms with Gasteiger partial charge in [-0.15, -0.1) is 0 Å². The normalized spacial score (nSPS) is 10.8. The molecule has 0 aliphatic carbocycles. The van der Waals surface area contributed by atoms with Gasteiger partial charge in [0.15, 0.2) is 5.82 Å². The fourth-order valence-corrected chi connectivity index (χ4v) is 1.91. The van der Waals surface area contributed by atoms with E-state index in [0.29, 0.717) is 22.2 Å². The van der Waals surface area contributed by atoms with Crippen LogP contribution in [0.1, 0.15) is 11.3 Å². The minimum atomic E-state index is -0.124. The molecule has 0 amide bonds. The van der Waals surface area contributed by atoms with Crippen molar-refractivity contribution in [2.24, 2.45) is 0 Å². The first-order chi connectivity index (χ1) is 7.63. The molecular formula is C10H9BrClN3O. The average molecular weight is 303 g/mol. The summed E-state index contributed by atoms with van der Waals surface area (Å²) < 4.78 is 2.40. The van der Waals surface area contributed by atoms with Gasteiger partial charge in [0.05, 0.1) is 12.3 Å². The van der Waals surface area contributed by atoms with Crippen molar-refractivity contribution in [2.75, 3.05) is 0 Å². The molecule has 4 nitrogen and oxygen atoms in total. The van der Waals surface area contributed by atoms with E-state index in [9.17, 15) is 0 Å². The molecule has 0 spiro atoms. The van der Waals surface area contributed by atoms with Crippen LogP contribution in [-0.4, -0.2) is 19.9 Å². The molecular weight excluding hydrogens is 293 g/mol. The Morgan fingerprint density at radius 2 is 2.25 bits per heavy atom. The van der Waals surface area contributed by atoms with E-state index in [1.807, 2.05) is 6.07 Å². The highest BCUT2D eigenvalue weighted by atomic mass is 79.9. The molecule has 0 radical (unpaired) electrons. The maximum Gasteiger partial charge on any atom is 0.155 e. The first-order valence-corrected chi connectivity index (χ1v) is 5.77. The lowest BCUT2D eigenvalue weighted by Gasteiger charge is -2.01. The molecule has 2 aromatic rings. The van der Waals surface area contributed by atoms with Crippen LogP contribution in [0.5, 0.6) is 0 Å². The molecule has 6 heteroatoms. The van der Waals surface area contributed by atoms with Crippen molar-refractivity contribution >= 4 is 27.5 Å². The van der Waals surface area contributed by atoms with Gasteiger partial charge in [0.25, 0.3) is 0 Å². The summed E-state index contributed by atoms with van der Waals surface area (Å²) in [5, 5.41) is 13.8. The number of aromatic nitrogens is 3. The largest absolute Gasteiger partial charge is 0.391 e. The summed E-state index contributed by atoms with van der Waals surface area (Å²) in [4.78, 5) is 4.19. The molecule has 0 aromatic carbocycles. The maximum atomic E-state index is 9.14. The van der Waals surface area contributed by atoms with Crippen molar-refractivity contribution in [3.8, 4) is 5.82 Å². The molecule has 2 heterocycles. The van der Waals surface area contributed by atoms with E-state index in [0.717, 1.165) is 4.47 Å². The van der Waals surface area contributed by atoms with E-state index in [1.54, 1.807) is 19.2 Å². The fraction of sp³-hybridized carbons (Fsp3) is 0.200. The number of aliphatic hydroxyl groups is 1. The van der Waals surface area contributed by atoms with Crippen LogP contribution in [0.25, 0.3) is 5.82 Å². The van der Waals surface area contributed by atoms with Crippen molar-refractivity contribution in [3.05, 3.63) is 39.2 Å². The third kappa shape index (κ3) is 1.98. The molecule has 84 valence electrons. The van der Waals surface area contributed by atoms with Crippen LogP contribution in [0.4, 0.5) is 0 Å². The molecule has 16 heavy (non-hydrogen) atoms. The predicted octanol–water partition coefficient (Wildman–Crippen LogP) is 2.48.